The second-order valence-corrected chi connectivity index (χ2v) is 4.88. The van der Waals surface area contributed by atoms with Crippen LogP contribution in [0.1, 0.15) is 0 Å². The Hall–Kier alpha value is -0.130. The summed E-state index contributed by atoms with van der Waals surface area (Å²) in [7, 11) is 4.83. The smallest absolute Gasteiger partial charge is 0.261 e. The Balaban J connectivity index is 0. The fourth-order valence-corrected chi connectivity index (χ4v) is 0. The lowest BCUT2D eigenvalue weighted by molar-refractivity contribution is -0.849. The average Bonchev–Trinajstić information content (AvgIpc) is 1.12. The molecule has 4 nitrogen and oxygen atoms in total. The third-order valence-electron chi connectivity index (χ3n) is 0. The van der Waals surface area contributed by atoms with Crippen molar-refractivity contribution in [2.45, 2.75) is 0 Å². The Morgan fingerprint density at radius 3 is 1.10 bits per heavy atom. The van der Waals surface area contributed by atoms with E-state index in [9.17, 15) is 8.42 Å². The minimum Gasteiger partial charge on any atom is -0.333 e. The molecular formula is C5H16NO3S+. The number of rotatable bonds is 0. The second kappa shape index (κ2) is 3.90. The topological polar surface area (TPSA) is 54.4 Å². The number of nitrogens with zero attached hydrogens (tertiary/aromatic N) is 1. The average molecular weight is 170 g/mol. The molecule has 0 aromatic heterocycles. The molecule has 0 rings (SSSR count). The number of hydrogen-bond donors (Lipinski definition) is 1. The zero-order valence-electron chi connectivity index (χ0n) is 7.12. The van der Waals surface area contributed by atoms with Gasteiger partial charge < -0.3 is 4.48 Å². The van der Waals surface area contributed by atoms with Gasteiger partial charge in [-0.1, -0.05) is 0 Å². The molecule has 0 aliphatic carbocycles. The largest absolute Gasteiger partial charge is 0.333 e. The lowest BCUT2D eigenvalue weighted by Crippen LogP contribution is -2.27. The van der Waals surface area contributed by atoms with E-state index in [0.29, 0.717) is 6.26 Å². The lowest BCUT2D eigenvalue weighted by atomic mass is 10.8. The van der Waals surface area contributed by atoms with Crippen LogP contribution in [0.3, 0.4) is 0 Å². The summed E-state index contributed by atoms with van der Waals surface area (Å²) in [5, 5.41) is 0. The van der Waals surface area contributed by atoms with Gasteiger partial charge in [-0.3, -0.25) is 4.55 Å². The van der Waals surface area contributed by atoms with Crippen molar-refractivity contribution >= 4 is 10.1 Å². The van der Waals surface area contributed by atoms with Gasteiger partial charge in [0.2, 0.25) is 0 Å². The summed E-state index contributed by atoms with van der Waals surface area (Å²) < 4.78 is 26.9. The summed E-state index contributed by atoms with van der Waals surface area (Å²) >= 11 is 0. The summed E-state index contributed by atoms with van der Waals surface area (Å²) in [6.07, 6.45) is 0.715. The molecule has 0 bridgehead atoms. The van der Waals surface area contributed by atoms with Gasteiger partial charge in [0.1, 0.15) is 0 Å². The van der Waals surface area contributed by atoms with Crippen molar-refractivity contribution in [1.82, 2.24) is 0 Å². The van der Waals surface area contributed by atoms with Gasteiger partial charge in [-0.15, -0.1) is 0 Å². The van der Waals surface area contributed by atoms with Crippen LogP contribution in [0, 0.1) is 0 Å². The van der Waals surface area contributed by atoms with E-state index in [0.717, 1.165) is 4.48 Å². The number of hydrogen-bond acceptors (Lipinski definition) is 2. The maximum atomic E-state index is 9.19. The first kappa shape index (κ1) is 12.5. The maximum absolute atomic E-state index is 9.19. The second-order valence-electron chi connectivity index (χ2n) is 3.42. The molecule has 0 spiro atoms. The summed E-state index contributed by atoms with van der Waals surface area (Å²) in [4.78, 5) is 0. The Labute approximate surface area is 62.8 Å². The van der Waals surface area contributed by atoms with Crippen molar-refractivity contribution in [2.75, 3.05) is 34.4 Å². The molecule has 5 heteroatoms. The molecule has 0 aliphatic rings. The van der Waals surface area contributed by atoms with Gasteiger partial charge in [-0.05, 0) is 0 Å². The molecular weight excluding hydrogens is 154 g/mol. The molecule has 0 atom stereocenters. The highest BCUT2D eigenvalue weighted by Gasteiger charge is 1.88. The van der Waals surface area contributed by atoms with Gasteiger partial charge >= 0.3 is 0 Å². The van der Waals surface area contributed by atoms with Crippen LogP contribution in [-0.2, 0) is 10.1 Å². The highest BCUT2D eigenvalue weighted by atomic mass is 32.2. The minimum absolute atomic E-state index is 0.715. The van der Waals surface area contributed by atoms with Crippen LogP contribution in [0.5, 0.6) is 0 Å². The molecule has 64 valence electrons. The van der Waals surface area contributed by atoms with Crippen LogP contribution >= 0.6 is 0 Å². The first-order chi connectivity index (χ1) is 4.00. The third kappa shape index (κ3) is 22000. The summed E-state index contributed by atoms with van der Waals surface area (Å²) in [5.41, 5.74) is 0. The van der Waals surface area contributed by atoms with Crippen LogP contribution in [0.15, 0.2) is 0 Å². The highest BCUT2D eigenvalue weighted by Crippen LogP contribution is 1.73. The quantitative estimate of drug-likeness (QED) is 0.405. The predicted molar refractivity (Wildman–Crippen MR) is 41.4 cm³/mol. The molecule has 0 aromatic rings. The van der Waals surface area contributed by atoms with E-state index < -0.39 is 10.1 Å². The van der Waals surface area contributed by atoms with E-state index in [1.807, 2.05) is 0 Å². The SMILES string of the molecule is CS(=O)(=O)O.C[N+](C)(C)C. The predicted octanol–water partition coefficient (Wildman–Crippen LogP) is -0.174. The molecule has 0 heterocycles. The van der Waals surface area contributed by atoms with Crippen LogP contribution in [0.2, 0.25) is 0 Å². The fourth-order valence-electron chi connectivity index (χ4n) is 0. The van der Waals surface area contributed by atoms with Crippen LogP contribution < -0.4 is 0 Å². The molecule has 0 radical (unpaired) electrons. The Kier molecular flexibility index (Phi) is 4.89. The van der Waals surface area contributed by atoms with Crippen molar-refractivity contribution in [3.05, 3.63) is 0 Å². The Bertz CT molecular complexity index is 152. The summed E-state index contributed by atoms with van der Waals surface area (Å²) in [6, 6.07) is 0. The van der Waals surface area contributed by atoms with Gasteiger partial charge in [0.05, 0.1) is 34.4 Å². The van der Waals surface area contributed by atoms with Crippen molar-refractivity contribution in [2.24, 2.45) is 0 Å². The van der Waals surface area contributed by atoms with Crippen LogP contribution in [0.25, 0.3) is 0 Å². The van der Waals surface area contributed by atoms with E-state index in [1.54, 1.807) is 0 Å². The van der Waals surface area contributed by atoms with Crippen molar-refractivity contribution in [3.63, 3.8) is 0 Å². The van der Waals surface area contributed by atoms with E-state index >= 15 is 0 Å². The minimum atomic E-state index is -3.67. The first-order valence-corrected chi connectivity index (χ1v) is 4.56. The fraction of sp³-hybridized carbons (Fsp3) is 1.00. The molecule has 1 N–H and O–H groups in total. The molecule has 0 saturated heterocycles. The van der Waals surface area contributed by atoms with Gasteiger partial charge in [-0.2, -0.15) is 8.42 Å². The molecule has 0 aliphatic heterocycles. The van der Waals surface area contributed by atoms with E-state index in [-0.39, 0.29) is 0 Å². The third-order valence-corrected chi connectivity index (χ3v) is 0. The summed E-state index contributed by atoms with van der Waals surface area (Å²) in [5.74, 6) is 0. The zero-order valence-corrected chi connectivity index (χ0v) is 7.94. The number of quaternary nitrogens is 1. The van der Waals surface area contributed by atoms with E-state index in [4.69, 9.17) is 4.55 Å². The summed E-state index contributed by atoms with van der Waals surface area (Å²) in [6.45, 7) is 0. The molecule has 10 heavy (non-hydrogen) atoms. The Morgan fingerprint density at radius 2 is 1.10 bits per heavy atom. The maximum Gasteiger partial charge on any atom is 0.261 e. The van der Waals surface area contributed by atoms with E-state index in [2.05, 4.69) is 28.2 Å². The normalized spacial score (nSPS) is 11.8. The van der Waals surface area contributed by atoms with E-state index in [1.165, 1.54) is 0 Å². The zero-order chi connectivity index (χ0) is 9.00. The molecule has 0 fully saturated rings. The van der Waals surface area contributed by atoms with Gasteiger partial charge in [-0.25, -0.2) is 0 Å². The highest BCUT2D eigenvalue weighted by molar-refractivity contribution is 7.85. The molecule has 0 amide bonds. The lowest BCUT2D eigenvalue weighted by Gasteiger charge is -2.14. The standard InChI is InChI=1S/C4H12N.CH4O3S/c2*1-5(2,3)4/h1-4H3;1H3,(H,2,3,4)/q+1;. The van der Waals surface area contributed by atoms with Crippen LogP contribution in [-0.4, -0.2) is 51.9 Å². The van der Waals surface area contributed by atoms with Crippen molar-refractivity contribution in [1.29, 1.82) is 0 Å². The van der Waals surface area contributed by atoms with Gasteiger partial charge in [0.15, 0.2) is 0 Å². The van der Waals surface area contributed by atoms with Crippen LogP contribution in [0.4, 0.5) is 0 Å². The first-order valence-electron chi connectivity index (χ1n) is 2.71. The monoisotopic (exact) mass is 170 g/mol. The molecule has 0 unspecified atom stereocenters. The Morgan fingerprint density at radius 1 is 1.10 bits per heavy atom. The van der Waals surface area contributed by atoms with Gasteiger partial charge in [0, 0.05) is 0 Å². The molecule has 0 saturated carbocycles. The van der Waals surface area contributed by atoms with Gasteiger partial charge in [0.25, 0.3) is 10.1 Å². The molecule has 0 aromatic carbocycles. The van der Waals surface area contributed by atoms with Crippen molar-refractivity contribution in [3.8, 4) is 0 Å². The van der Waals surface area contributed by atoms with Crippen molar-refractivity contribution < 1.29 is 17.5 Å².